The molecule has 0 spiro atoms. The minimum absolute atomic E-state index is 0.437. The van der Waals surface area contributed by atoms with Crippen LogP contribution in [0.4, 0.5) is 0 Å². The summed E-state index contributed by atoms with van der Waals surface area (Å²) in [5.74, 6) is 0. The van der Waals surface area contributed by atoms with E-state index in [1.165, 1.54) is 5.56 Å². The third kappa shape index (κ3) is 3.07. The van der Waals surface area contributed by atoms with E-state index in [4.69, 9.17) is 29.6 Å². The Morgan fingerprint density at radius 2 is 2.06 bits per heavy atom. The number of halogens is 1. The molecule has 5 heteroatoms. The smallest absolute Gasteiger partial charge is 0.116 e. The van der Waals surface area contributed by atoms with Gasteiger partial charge in [-0.25, -0.2) is 4.98 Å². The van der Waals surface area contributed by atoms with E-state index >= 15 is 0 Å². The van der Waals surface area contributed by atoms with Crippen LogP contribution >= 0.6 is 35.2 Å². The quantitative estimate of drug-likeness (QED) is 0.877. The summed E-state index contributed by atoms with van der Waals surface area (Å²) >= 11 is 12.5. The summed E-state index contributed by atoms with van der Waals surface area (Å²) in [5, 5.41) is 1.79. The van der Waals surface area contributed by atoms with Gasteiger partial charge in [0.1, 0.15) is 4.99 Å². The van der Waals surface area contributed by atoms with E-state index in [-0.39, 0.29) is 0 Å². The minimum atomic E-state index is 0.437. The van der Waals surface area contributed by atoms with Gasteiger partial charge in [0.15, 0.2) is 0 Å². The highest BCUT2D eigenvalue weighted by molar-refractivity contribution is 7.81. The zero-order chi connectivity index (χ0) is 13.1. The second kappa shape index (κ2) is 5.78. The van der Waals surface area contributed by atoms with E-state index in [0.717, 1.165) is 33.4 Å². The Kier molecular flexibility index (Phi) is 4.32. The molecule has 0 saturated carbocycles. The predicted molar refractivity (Wildman–Crippen MR) is 81.6 cm³/mol. The number of rotatable bonds is 4. The van der Waals surface area contributed by atoms with Crippen molar-refractivity contribution in [3.05, 3.63) is 50.4 Å². The summed E-state index contributed by atoms with van der Waals surface area (Å²) in [6.45, 7) is 2.06. The second-order valence-corrected chi connectivity index (χ2v) is 5.86. The van der Waals surface area contributed by atoms with Gasteiger partial charge in [-0.15, -0.1) is 11.3 Å². The first-order chi connectivity index (χ1) is 8.60. The third-order valence-corrected chi connectivity index (χ3v) is 4.29. The van der Waals surface area contributed by atoms with Crippen LogP contribution in [0, 0.1) is 0 Å². The highest BCUT2D eigenvalue weighted by Crippen LogP contribution is 2.22. The molecule has 0 amide bonds. The van der Waals surface area contributed by atoms with Crippen molar-refractivity contribution in [2.75, 3.05) is 0 Å². The fourth-order valence-corrected chi connectivity index (χ4v) is 3.09. The molecular formula is C13H13ClN2S2. The lowest BCUT2D eigenvalue weighted by molar-refractivity contribution is 1.01. The molecule has 2 nitrogen and oxygen atoms in total. The lowest BCUT2D eigenvalue weighted by atomic mass is 10.2. The van der Waals surface area contributed by atoms with Gasteiger partial charge in [-0.3, -0.25) is 0 Å². The van der Waals surface area contributed by atoms with Crippen LogP contribution in [0.15, 0.2) is 24.3 Å². The zero-order valence-corrected chi connectivity index (χ0v) is 12.3. The Balaban J connectivity index is 2.24. The number of thiocarbonyl (C=S) groups is 1. The topological polar surface area (TPSA) is 38.9 Å². The predicted octanol–water partition coefficient (Wildman–Crippen LogP) is 3.58. The van der Waals surface area contributed by atoms with E-state index in [0.29, 0.717) is 4.99 Å². The van der Waals surface area contributed by atoms with Gasteiger partial charge >= 0.3 is 0 Å². The van der Waals surface area contributed by atoms with Gasteiger partial charge in [-0.1, -0.05) is 42.9 Å². The van der Waals surface area contributed by atoms with Gasteiger partial charge in [0.05, 0.1) is 15.6 Å². The first-order valence-corrected chi connectivity index (χ1v) is 7.23. The minimum Gasteiger partial charge on any atom is -0.389 e. The largest absolute Gasteiger partial charge is 0.389 e. The van der Waals surface area contributed by atoms with Crippen molar-refractivity contribution in [2.45, 2.75) is 19.8 Å². The van der Waals surface area contributed by atoms with Gasteiger partial charge in [0.2, 0.25) is 0 Å². The van der Waals surface area contributed by atoms with Gasteiger partial charge < -0.3 is 5.73 Å². The van der Waals surface area contributed by atoms with Crippen molar-refractivity contribution in [2.24, 2.45) is 5.73 Å². The summed E-state index contributed by atoms with van der Waals surface area (Å²) in [6, 6.07) is 7.80. The van der Waals surface area contributed by atoms with Crippen molar-refractivity contribution in [1.29, 1.82) is 0 Å². The van der Waals surface area contributed by atoms with Crippen LogP contribution in [0.3, 0.4) is 0 Å². The molecule has 0 fully saturated rings. The average molecular weight is 297 g/mol. The van der Waals surface area contributed by atoms with Crippen molar-refractivity contribution >= 4 is 40.1 Å². The maximum Gasteiger partial charge on any atom is 0.116 e. The highest BCUT2D eigenvalue weighted by atomic mass is 35.5. The van der Waals surface area contributed by atoms with E-state index in [9.17, 15) is 0 Å². The van der Waals surface area contributed by atoms with Crippen LogP contribution in [0.25, 0.3) is 0 Å². The lowest BCUT2D eigenvalue weighted by Crippen LogP contribution is -2.09. The molecule has 0 atom stereocenters. The van der Waals surface area contributed by atoms with Crippen LogP contribution in [-0.2, 0) is 12.8 Å². The summed E-state index contributed by atoms with van der Waals surface area (Å²) in [7, 11) is 0. The van der Waals surface area contributed by atoms with Crippen LogP contribution < -0.4 is 5.73 Å². The monoisotopic (exact) mass is 296 g/mol. The lowest BCUT2D eigenvalue weighted by Gasteiger charge is -1.97. The molecule has 2 N–H and O–H groups in total. The third-order valence-electron chi connectivity index (χ3n) is 2.57. The number of nitrogens with zero attached hydrogens (tertiary/aromatic N) is 1. The van der Waals surface area contributed by atoms with Crippen molar-refractivity contribution in [3.8, 4) is 0 Å². The fourth-order valence-electron chi connectivity index (χ4n) is 1.69. The molecule has 0 aliphatic heterocycles. The zero-order valence-electron chi connectivity index (χ0n) is 9.94. The molecule has 2 rings (SSSR count). The van der Waals surface area contributed by atoms with Crippen molar-refractivity contribution in [1.82, 2.24) is 4.98 Å². The maximum atomic E-state index is 5.86. The summed E-state index contributed by atoms with van der Waals surface area (Å²) < 4.78 is 0. The first-order valence-electron chi connectivity index (χ1n) is 5.63. The van der Waals surface area contributed by atoms with Gasteiger partial charge in [0.25, 0.3) is 0 Å². The van der Waals surface area contributed by atoms with E-state index in [1.807, 2.05) is 24.3 Å². The molecule has 0 aliphatic carbocycles. The maximum absolute atomic E-state index is 5.86. The number of hydrogen-bond acceptors (Lipinski definition) is 3. The van der Waals surface area contributed by atoms with Crippen LogP contribution in [0.2, 0.25) is 5.02 Å². The molecule has 94 valence electrons. The number of aryl methyl sites for hydroxylation is 1. The van der Waals surface area contributed by atoms with Crippen LogP contribution in [0.1, 0.15) is 28.1 Å². The first kappa shape index (κ1) is 13.5. The molecule has 2 aromatic rings. The van der Waals surface area contributed by atoms with Crippen LogP contribution in [-0.4, -0.2) is 9.97 Å². The number of thiazole rings is 1. The molecule has 0 aliphatic rings. The Hall–Kier alpha value is -0.970. The summed E-state index contributed by atoms with van der Waals surface area (Å²) in [5.41, 5.74) is 7.88. The Labute approximate surface area is 121 Å². The molecule has 0 unspecified atom stereocenters. The highest BCUT2D eigenvalue weighted by Gasteiger charge is 2.12. The SMILES string of the molecule is CCc1nc(Cc2ccc(Cl)cc2)sc1C(N)=S. The molecular weight excluding hydrogens is 284 g/mol. The van der Waals surface area contributed by atoms with Gasteiger partial charge in [-0.05, 0) is 24.1 Å². The van der Waals surface area contributed by atoms with Gasteiger partial charge in [0, 0.05) is 11.4 Å². The number of benzene rings is 1. The molecule has 18 heavy (non-hydrogen) atoms. The average Bonchev–Trinajstić information content (AvgIpc) is 2.75. The molecule has 0 bridgehead atoms. The Morgan fingerprint density at radius 3 is 2.56 bits per heavy atom. The second-order valence-electron chi connectivity index (χ2n) is 3.90. The molecule has 1 aromatic heterocycles. The Morgan fingerprint density at radius 1 is 1.39 bits per heavy atom. The Bertz CT molecular complexity index is 561. The summed E-state index contributed by atoms with van der Waals surface area (Å²) in [4.78, 5) is 5.96. The molecule has 1 heterocycles. The number of nitrogens with two attached hydrogens (primary N) is 1. The van der Waals surface area contributed by atoms with Gasteiger partial charge in [-0.2, -0.15) is 0 Å². The van der Waals surface area contributed by atoms with Crippen LogP contribution in [0.5, 0.6) is 0 Å². The van der Waals surface area contributed by atoms with E-state index in [1.54, 1.807) is 11.3 Å². The van der Waals surface area contributed by atoms with E-state index < -0.39 is 0 Å². The molecule has 0 saturated heterocycles. The molecule has 1 aromatic carbocycles. The van der Waals surface area contributed by atoms with E-state index in [2.05, 4.69) is 11.9 Å². The van der Waals surface area contributed by atoms with Crippen molar-refractivity contribution in [3.63, 3.8) is 0 Å². The normalized spacial score (nSPS) is 10.6. The number of aromatic nitrogens is 1. The summed E-state index contributed by atoms with van der Waals surface area (Å²) in [6.07, 6.45) is 1.64. The fraction of sp³-hybridized carbons (Fsp3) is 0.231. The number of hydrogen-bond donors (Lipinski definition) is 1. The molecule has 0 radical (unpaired) electrons. The standard InChI is InChI=1S/C13H13ClN2S2/c1-2-10-12(13(15)17)18-11(16-10)7-8-3-5-9(14)6-4-8/h3-6H,2,7H2,1H3,(H2,15,17). The van der Waals surface area contributed by atoms with Crippen molar-refractivity contribution < 1.29 is 0 Å².